The molecule has 0 saturated carbocycles. The monoisotopic (exact) mass is 1130 g/mol. The zero-order valence-corrected chi connectivity index (χ0v) is 44.6. The lowest BCUT2D eigenvalue weighted by Gasteiger charge is -2.26. The molecule has 7 N–H and O–H groups in total. The van der Waals surface area contributed by atoms with Crippen LogP contribution in [0.5, 0.6) is 11.5 Å². The summed E-state index contributed by atoms with van der Waals surface area (Å²) in [5.74, 6) is 11.4. The van der Waals surface area contributed by atoms with Crippen molar-refractivity contribution in [2.24, 2.45) is 0 Å². The zero-order valence-electron chi connectivity index (χ0n) is 43.0. The number of aromatic amines is 1. The highest BCUT2D eigenvalue weighted by atomic mass is 79.9. The van der Waals surface area contributed by atoms with E-state index in [1.165, 1.54) is 37.9 Å². The molecule has 0 bridgehead atoms. The van der Waals surface area contributed by atoms with Crippen LogP contribution in [0.15, 0.2) is 103 Å². The minimum absolute atomic E-state index is 0.00418. The van der Waals surface area contributed by atoms with Gasteiger partial charge in [-0.05, 0) is 75.6 Å². The summed E-state index contributed by atoms with van der Waals surface area (Å²) in [6.45, 7) is 4.49. The maximum Gasteiger partial charge on any atom is 0.323 e. The highest BCUT2D eigenvalue weighted by molar-refractivity contribution is 9.10. The van der Waals surface area contributed by atoms with Crippen LogP contribution >= 0.6 is 15.9 Å². The topological polar surface area (TPSA) is 306 Å². The number of rotatable bonds is 13. The zero-order chi connectivity index (χ0) is 56.3. The maximum atomic E-state index is 13.1. The van der Waals surface area contributed by atoms with Crippen LogP contribution in [0.3, 0.4) is 0 Å². The first-order chi connectivity index (χ1) is 37.9. The summed E-state index contributed by atoms with van der Waals surface area (Å²) in [5.41, 5.74) is 2.37. The van der Waals surface area contributed by atoms with E-state index in [1.807, 2.05) is 12.3 Å². The van der Waals surface area contributed by atoms with Crippen LogP contribution in [0.4, 0.5) is 9.59 Å². The van der Waals surface area contributed by atoms with E-state index in [4.69, 9.17) is 9.47 Å². The third-order valence-corrected chi connectivity index (χ3v) is 12.9. The number of aromatic nitrogens is 6. The van der Waals surface area contributed by atoms with Crippen molar-refractivity contribution in [3.63, 3.8) is 0 Å². The molecule has 79 heavy (non-hydrogen) atoms. The van der Waals surface area contributed by atoms with Crippen molar-refractivity contribution in [2.45, 2.75) is 50.9 Å². The Labute approximate surface area is 460 Å². The molecule has 4 aromatic heterocycles. The number of pyridine rings is 2. The average Bonchev–Trinajstić information content (AvgIpc) is 4.44. The maximum absolute atomic E-state index is 13.1. The lowest BCUT2D eigenvalue weighted by atomic mass is 9.99. The smallest absolute Gasteiger partial charge is 0.323 e. The molecule has 2 atom stereocenters. The molecule has 25 heteroatoms. The van der Waals surface area contributed by atoms with Gasteiger partial charge in [-0.25, -0.2) is 29.5 Å². The Morgan fingerprint density at radius 1 is 0.684 bits per heavy atom. The molecule has 4 aliphatic heterocycles. The van der Waals surface area contributed by atoms with Crippen LogP contribution in [0.25, 0.3) is 5.82 Å². The minimum atomic E-state index is -1.62. The highest BCUT2D eigenvalue weighted by Gasteiger charge is 2.49. The molecule has 0 spiro atoms. The quantitative estimate of drug-likeness (QED) is 0.0495. The van der Waals surface area contributed by atoms with Gasteiger partial charge in [0.25, 0.3) is 23.6 Å². The fourth-order valence-corrected chi connectivity index (χ4v) is 8.66. The summed E-state index contributed by atoms with van der Waals surface area (Å²) < 4.78 is 12.8. The molecule has 404 valence electrons. The van der Waals surface area contributed by atoms with Gasteiger partial charge in [-0.15, -0.1) is 0 Å². The predicted molar refractivity (Wildman–Crippen MR) is 285 cm³/mol. The summed E-state index contributed by atoms with van der Waals surface area (Å²) in [5, 5.41) is 15.0. The van der Waals surface area contributed by atoms with Crippen LogP contribution in [0, 0.1) is 23.7 Å². The summed E-state index contributed by atoms with van der Waals surface area (Å²) in [6.07, 6.45) is 11.3. The van der Waals surface area contributed by atoms with E-state index in [0.29, 0.717) is 70.2 Å². The number of ether oxygens (including phenoxy) is 2. The van der Waals surface area contributed by atoms with E-state index < -0.39 is 35.0 Å². The molecule has 4 aliphatic rings. The molecule has 10 rings (SSSR count). The Morgan fingerprint density at radius 2 is 1.22 bits per heavy atom. The fourth-order valence-electron chi connectivity index (χ4n) is 8.42. The van der Waals surface area contributed by atoms with E-state index in [1.54, 1.807) is 90.4 Å². The van der Waals surface area contributed by atoms with Gasteiger partial charge in [0.1, 0.15) is 28.2 Å². The van der Waals surface area contributed by atoms with Crippen molar-refractivity contribution in [2.75, 3.05) is 40.4 Å². The Bertz CT molecular complexity index is 3470. The number of imidazole rings is 2. The summed E-state index contributed by atoms with van der Waals surface area (Å²) in [7, 11) is 3.05. The number of hydrogen-bond acceptors (Lipinski definition) is 14. The number of fused-ring (bicyclic) bond motifs is 2. The Kier molecular flexibility index (Phi) is 17.1. The molecule has 0 aliphatic carbocycles. The van der Waals surface area contributed by atoms with Crippen molar-refractivity contribution >= 4 is 63.4 Å². The summed E-state index contributed by atoms with van der Waals surface area (Å²) >= 11 is 3.25. The standard InChI is InChI=1S/C27H25N7O5.C20H15BrN4O4.C7H11N3O/c1-17(35)28-10-8-20-14-34(16-30-20)23-6-3-18(12-29-23)7-9-27(25(37)31-26(38)32-27)15-33-13-19-4-5-21(39-2)11-22(19)24(33)36;1-29-14-4-3-13-10-25(17(26)15(13)8-14)11-20(18(27)23-19(28)24-20)7-6-12-2-5-16(21)22-9-12;1-6(11)9-3-2-7-4-8-5-10-7/h3-6,11-12,14,16H,8,10,13,15H2,1-2H3,(H,28,35)(H2,31,32,37,38);2-5,8-9H,10-11H2,1H3,(H2,23,24,27,28);4-5H,2-3H2,1H3,(H,8,10)(H,9,11)/t27-;20-;/m11./s1. The largest absolute Gasteiger partial charge is 0.497 e. The van der Waals surface area contributed by atoms with Gasteiger partial charge in [-0.2, -0.15) is 0 Å². The van der Waals surface area contributed by atoms with Crippen molar-refractivity contribution < 1.29 is 47.8 Å². The lowest BCUT2D eigenvalue weighted by molar-refractivity contribution is -0.123. The van der Waals surface area contributed by atoms with Gasteiger partial charge >= 0.3 is 12.1 Å². The first kappa shape index (κ1) is 55.4. The van der Waals surface area contributed by atoms with Gasteiger partial charge in [-0.3, -0.25) is 44.0 Å². The average molecular weight is 1140 g/mol. The van der Waals surface area contributed by atoms with Crippen molar-refractivity contribution in [3.05, 3.63) is 147 Å². The number of urea groups is 2. The van der Waals surface area contributed by atoms with E-state index >= 15 is 0 Å². The molecule has 2 aromatic carbocycles. The number of amides is 10. The molecule has 24 nitrogen and oxygen atoms in total. The number of benzene rings is 2. The second-order valence-electron chi connectivity index (χ2n) is 18.1. The Morgan fingerprint density at radius 3 is 1.66 bits per heavy atom. The number of carbonyl (C=O) groups is 8. The molecule has 2 saturated heterocycles. The normalized spacial score (nSPS) is 17.4. The summed E-state index contributed by atoms with van der Waals surface area (Å²) in [6, 6.07) is 16.1. The number of hydrogen-bond donors (Lipinski definition) is 7. The van der Waals surface area contributed by atoms with Gasteiger partial charge in [0.05, 0.1) is 39.3 Å². The van der Waals surface area contributed by atoms with Crippen molar-refractivity contribution in [1.29, 1.82) is 0 Å². The van der Waals surface area contributed by atoms with Crippen LogP contribution < -0.4 is 41.4 Å². The van der Waals surface area contributed by atoms with Gasteiger partial charge in [0.15, 0.2) is 0 Å². The van der Waals surface area contributed by atoms with Gasteiger partial charge in [0.2, 0.25) is 22.9 Å². The van der Waals surface area contributed by atoms with E-state index in [-0.39, 0.29) is 43.3 Å². The Balaban J connectivity index is 0.000000179. The van der Waals surface area contributed by atoms with Crippen molar-refractivity contribution in [3.8, 4) is 41.0 Å². The van der Waals surface area contributed by atoms with Gasteiger partial charge in [-0.1, -0.05) is 35.8 Å². The second-order valence-corrected chi connectivity index (χ2v) is 18.9. The molecule has 0 radical (unpaired) electrons. The minimum Gasteiger partial charge on any atom is -0.497 e. The number of nitrogens with zero attached hydrogens (tertiary/aromatic N) is 7. The van der Waals surface area contributed by atoms with Crippen LogP contribution in [-0.4, -0.2) is 138 Å². The first-order valence-corrected chi connectivity index (χ1v) is 25.1. The number of methoxy groups -OCH3 is 2. The van der Waals surface area contributed by atoms with Gasteiger partial charge in [0, 0.05) is 106 Å². The predicted octanol–water partition coefficient (Wildman–Crippen LogP) is 2.07. The van der Waals surface area contributed by atoms with E-state index in [9.17, 15) is 38.4 Å². The fraction of sp³-hybridized carbons (Fsp3) is 0.259. The molecule has 0 unspecified atom stereocenters. The van der Waals surface area contributed by atoms with Crippen LogP contribution in [-0.2, 0) is 45.1 Å². The lowest BCUT2D eigenvalue weighted by Crippen LogP contribution is -2.54. The second kappa shape index (κ2) is 24.4. The SMILES string of the molecule is CC(=O)NCCc1cnc[nH]1.COc1ccc2c(c1)C(=O)N(C[C@@]1(C#Cc3ccc(-n4cnc(CCNC(C)=O)c4)nc3)NC(=O)NC1=O)C2.COc1ccc2c(c1)C(=O)N(C[C@@]1(C#Cc3ccc(Br)nc3)NC(=O)NC1=O)C2. The van der Waals surface area contributed by atoms with E-state index in [0.717, 1.165) is 28.9 Å². The third kappa shape index (κ3) is 13.6. The van der Waals surface area contributed by atoms with Crippen molar-refractivity contribution in [1.82, 2.24) is 71.2 Å². The molecular formula is C54H51BrN14O10. The number of H-pyrrole nitrogens is 1. The van der Waals surface area contributed by atoms with Gasteiger partial charge < -0.3 is 45.5 Å². The van der Waals surface area contributed by atoms with Crippen LogP contribution in [0.1, 0.15) is 68.2 Å². The number of imide groups is 2. The number of nitrogens with one attached hydrogen (secondary N) is 7. The van der Waals surface area contributed by atoms with Crippen LogP contribution in [0.2, 0.25) is 0 Å². The third-order valence-electron chi connectivity index (χ3n) is 12.4. The number of carbonyl (C=O) groups excluding carboxylic acids is 8. The Hall–Kier alpha value is -9.88. The van der Waals surface area contributed by atoms with E-state index in [2.05, 4.69) is 96.4 Å². The molecule has 6 aromatic rings. The summed E-state index contributed by atoms with van der Waals surface area (Å²) in [4.78, 5) is 119. The first-order valence-electron chi connectivity index (χ1n) is 24.3. The molecular weight excluding hydrogens is 1080 g/mol. The number of halogens is 1. The highest BCUT2D eigenvalue weighted by Crippen LogP contribution is 2.30. The molecule has 2 fully saturated rings. The molecule has 10 amide bonds. The molecule has 8 heterocycles.